The van der Waals surface area contributed by atoms with Crippen molar-refractivity contribution in [3.05, 3.63) is 35.1 Å². The van der Waals surface area contributed by atoms with Gasteiger partial charge in [-0.1, -0.05) is 13.8 Å². The van der Waals surface area contributed by atoms with E-state index < -0.39 is 29.0 Å². The van der Waals surface area contributed by atoms with Crippen LogP contribution in [0.25, 0.3) is 0 Å². The molecule has 1 rings (SSSR count). The van der Waals surface area contributed by atoms with Crippen LogP contribution in [0, 0.1) is 11.7 Å². The van der Waals surface area contributed by atoms with Gasteiger partial charge < -0.3 is 11.1 Å². The van der Waals surface area contributed by atoms with Gasteiger partial charge in [0.1, 0.15) is 5.82 Å². The molecule has 1 atom stereocenters. The number of hydrogen-bond acceptors (Lipinski definition) is 2. The summed E-state index contributed by atoms with van der Waals surface area (Å²) >= 11 is 0. The van der Waals surface area contributed by atoms with Gasteiger partial charge in [-0.05, 0) is 37.5 Å². The Morgan fingerprint density at radius 2 is 1.86 bits per heavy atom. The molecule has 0 aromatic heterocycles. The van der Waals surface area contributed by atoms with E-state index in [0.717, 1.165) is 6.07 Å². The highest BCUT2D eigenvalue weighted by Crippen LogP contribution is 2.30. The first-order valence-electron chi connectivity index (χ1n) is 6.87. The van der Waals surface area contributed by atoms with Crippen molar-refractivity contribution in [2.75, 3.05) is 6.54 Å². The summed E-state index contributed by atoms with van der Waals surface area (Å²) in [5.74, 6) is -1.66. The predicted molar refractivity (Wildman–Crippen MR) is 75.8 cm³/mol. The van der Waals surface area contributed by atoms with Gasteiger partial charge in [-0.15, -0.1) is 0 Å². The van der Waals surface area contributed by atoms with Crippen LogP contribution in [-0.2, 0) is 6.18 Å². The number of halogens is 4. The third-order valence-electron chi connectivity index (χ3n) is 3.21. The number of nitrogens with two attached hydrogens (primary N) is 1. The molecule has 124 valence electrons. The van der Waals surface area contributed by atoms with Crippen molar-refractivity contribution in [2.45, 2.75) is 38.9 Å². The summed E-state index contributed by atoms with van der Waals surface area (Å²) in [6, 6.07) is 1.76. The van der Waals surface area contributed by atoms with E-state index in [2.05, 4.69) is 5.32 Å². The number of hydrogen-bond donors (Lipinski definition) is 2. The van der Waals surface area contributed by atoms with Gasteiger partial charge in [0.2, 0.25) is 0 Å². The maximum Gasteiger partial charge on any atom is 0.416 e. The highest BCUT2D eigenvalue weighted by Gasteiger charge is 2.33. The van der Waals surface area contributed by atoms with Gasteiger partial charge in [0, 0.05) is 17.6 Å². The number of nitrogens with one attached hydrogen (secondary N) is 1. The maximum absolute atomic E-state index is 13.3. The summed E-state index contributed by atoms with van der Waals surface area (Å²) in [6.45, 7) is 5.70. The molecule has 0 bridgehead atoms. The molecule has 22 heavy (non-hydrogen) atoms. The van der Waals surface area contributed by atoms with Crippen LogP contribution in [0.15, 0.2) is 18.2 Å². The summed E-state index contributed by atoms with van der Waals surface area (Å²) in [4.78, 5) is 12.1. The van der Waals surface area contributed by atoms with Gasteiger partial charge in [0.15, 0.2) is 0 Å². The van der Waals surface area contributed by atoms with Crippen LogP contribution in [0.3, 0.4) is 0 Å². The molecule has 0 fully saturated rings. The van der Waals surface area contributed by atoms with E-state index in [-0.39, 0.29) is 18.0 Å². The Hall–Kier alpha value is -1.63. The predicted octanol–water partition coefficient (Wildman–Crippen LogP) is 3.34. The van der Waals surface area contributed by atoms with Gasteiger partial charge >= 0.3 is 6.18 Å². The fraction of sp³-hybridized carbons (Fsp3) is 0.533. The zero-order chi connectivity index (χ0) is 17.1. The molecule has 0 heterocycles. The van der Waals surface area contributed by atoms with Crippen molar-refractivity contribution in [1.82, 2.24) is 5.32 Å². The number of amides is 1. The third kappa shape index (κ3) is 4.98. The number of carbonyl (C=O) groups is 1. The Morgan fingerprint density at radius 1 is 1.27 bits per heavy atom. The molecule has 3 nitrogen and oxygen atoms in total. The lowest BCUT2D eigenvalue weighted by molar-refractivity contribution is -0.137. The van der Waals surface area contributed by atoms with Gasteiger partial charge in [-0.3, -0.25) is 4.79 Å². The molecule has 0 saturated carbocycles. The molecular weight excluding hydrogens is 300 g/mol. The van der Waals surface area contributed by atoms with E-state index in [1.165, 1.54) is 0 Å². The number of carbonyl (C=O) groups excluding carboxylic acids is 1. The molecule has 1 aromatic carbocycles. The maximum atomic E-state index is 13.3. The monoisotopic (exact) mass is 320 g/mol. The third-order valence-corrected chi connectivity index (χ3v) is 3.21. The van der Waals surface area contributed by atoms with Crippen molar-refractivity contribution in [3.63, 3.8) is 0 Å². The summed E-state index contributed by atoms with van der Waals surface area (Å²) in [7, 11) is 0. The number of alkyl halides is 3. The van der Waals surface area contributed by atoms with Crippen molar-refractivity contribution in [2.24, 2.45) is 11.7 Å². The van der Waals surface area contributed by atoms with Crippen molar-refractivity contribution >= 4 is 5.91 Å². The van der Waals surface area contributed by atoms with Crippen molar-refractivity contribution < 1.29 is 22.4 Å². The Morgan fingerprint density at radius 3 is 2.32 bits per heavy atom. The van der Waals surface area contributed by atoms with E-state index in [1.807, 2.05) is 13.8 Å². The molecule has 0 saturated heterocycles. The highest BCUT2D eigenvalue weighted by molar-refractivity contribution is 5.95. The lowest BCUT2D eigenvalue weighted by atomic mass is 9.90. The summed E-state index contributed by atoms with van der Waals surface area (Å²) in [5.41, 5.74) is 3.30. The SMILES string of the molecule is CC(C)CC(C)(CN)NC(=O)c1cc(F)cc(C(F)(F)F)c1. The smallest absolute Gasteiger partial charge is 0.346 e. The molecule has 1 unspecified atom stereocenters. The second-order valence-electron chi connectivity index (χ2n) is 6.04. The number of benzene rings is 1. The molecule has 0 aliphatic heterocycles. The van der Waals surface area contributed by atoms with Crippen molar-refractivity contribution in [1.29, 1.82) is 0 Å². The standard InChI is InChI=1S/C15H20F4N2O/c1-9(2)7-14(3,8-20)21-13(22)10-4-11(15(17,18)19)6-12(16)5-10/h4-6,9H,7-8,20H2,1-3H3,(H,21,22). The van der Waals surface area contributed by atoms with Gasteiger partial charge in [-0.2, -0.15) is 13.2 Å². The molecule has 0 aliphatic rings. The quantitative estimate of drug-likeness (QED) is 0.818. The fourth-order valence-electron chi connectivity index (χ4n) is 2.32. The Balaban J connectivity index is 3.05. The topological polar surface area (TPSA) is 55.1 Å². The summed E-state index contributed by atoms with van der Waals surface area (Å²) < 4.78 is 51.3. The minimum absolute atomic E-state index is 0.123. The van der Waals surface area contributed by atoms with E-state index in [9.17, 15) is 22.4 Å². The van der Waals surface area contributed by atoms with Crippen LogP contribution in [0.4, 0.5) is 17.6 Å². The van der Waals surface area contributed by atoms with Crippen LogP contribution in [0.5, 0.6) is 0 Å². The second-order valence-corrected chi connectivity index (χ2v) is 6.04. The first-order valence-corrected chi connectivity index (χ1v) is 6.87. The molecule has 0 radical (unpaired) electrons. The Labute approximate surface area is 126 Å². The average molecular weight is 320 g/mol. The molecule has 1 aromatic rings. The van der Waals surface area contributed by atoms with Crippen LogP contribution < -0.4 is 11.1 Å². The molecule has 1 amide bonds. The average Bonchev–Trinajstić information content (AvgIpc) is 2.35. The molecule has 3 N–H and O–H groups in total. The van der Waals surface area contributed by atoms with E-state index >= 15 is 0 Å². The van der Waals surface area contributed by atoms with Crippen LogP contribution >= 0.6 is 0 Å². The van der Waals surface area contributed by atoms with Crippen LogP contribution in [0.2, 0.25) is 0 Å². The highest BCUT2D eigenvalue weighted by atomic mass is 19.4. The van der Waals surface area contributed by atoms with E-state index in [0.29, 0.717) is 18.6 Å². The molecular formula is C15H20F4N2O. The number of rotatable bonds is 5. The second kappa shape index (κ2) is 6.64. The Bertz CT molecular complexity index is 543. The van der Waals surface area contributed by atoms with E-state index in [1.54, 1.807) is 6.92 Å². The largest absolute Gasteiger partial charge is 0.416 e. The minimum Gasteiger partial charge on any atom is -0.346 e. The van der Waals surface area contributed by atoms with Crippen LogP contribution in [0.1, 0.15) is 43.1 Å². The normalized spacial score (nSPS) is 14.8. The minimum atomic E-state index is -4.72. The zero-order valence-corrected chi connectivity index (χ0v) is 12.7. The van der Waals surface area contributed by atoms with Gasteiger partial charge in [0.25, 0.3) is 5.91 Å². The van der Waals surface area contributed by atoms with Crippen molar-refractivity contribution in [3.8, 4) is 0 Å². The Kier molecular flexibility index (Phi) is 5.56. The molecule has 7 heteroatoms. The zero-order valence-electron chi connectivity index (χ0n) is 12.7. The first-order chi connectivity index (χ1) is 9.97. The van der Waals surface area contributed by atoms with E-state index in [4.69, 9.17) is 5.73 Å². The summed E-state index contributed by atoms with van der Waals surface area (Å²) in [5, 5.41) is 2.60. The molecule has 0 aliphatic carbocycles. The lowest BCUT2D eigenvalue weighted by Crippen LogP contribution is -2.52. The first kappa shape index (κ1) is 18.4. The lowest BCUT2D eigenvalue weighted by Gasteiger charge is -2.31. The van der Waals surface area contributed by atoms with Gasteiger partial charge in [0.05, 0.1) is 5.56 Å². The summed E-state index contributed by atoms with van der Waals surface area (Å²) in [6.07, 6.45) is -4.16. The van der Waals surface area contributed by atoms with Gasteiger partial charge in [-0.25, -0.2) is 4.39 Å². The van der Waals surface area contributed by atoms with Crippen LogP contribution in [-0.4, -0.2) is 18.0 Å². The molecule has 0 spiro atoms. The fourth-order valence-corrected chi connectivity index (χ4v) is 2.32.